The van der Waals surface area contributed by atoms with E-state index < -0.39 is 0 Å². The van der Waals surface area contributed by atoms with Crippen molar-refractivity contribution in [3.63, 3.8) is 0 Å². The van der Waals surface area contributed by atoms with Gasteiger partial charge in [0.25, 0.3) is 0 Å². The zero-order valence-corrected chi connectivity index (χ0v) is 6.79. The highest BCUT2D eigenvalue weighted by Crippen LogP contribution is 2.17. The fourth-order valence-corrected chi connectivity index (χ4v) is 1.14. The summed E-state index contributed by atoms with van der Waals surface area (Å²) in [5, 5.41) is 0. The van der Waals surface area contributed by atoms with Crippen LogP contribution in [-0.2, 0) is 0 Å². The topological polar surface area (TPSA) is 54.7 Å². The lowest BCUT2D eigenvalue weighted by Crippen LogP contribution is -1.85. The van der Waals surface area contributed by atoms with Gasteiger partial charge in [0.1, 0.15) is 5.82 Å². The minimum absolute atomic E-state index is 0.273. The van der Waals surface area contributed by atoms with E-state index in [1.54, 1.807) is 18.3 Å². The third-order valence-corrected chi connectivity index (χ3v) is 1.73. The third kappa shape index (κ3) is 1.51. The van der Waals surface area contributed by atoms with E-state index in [1.807, 2.05) is 0 Å². The van der Waals surface area contributed by atoms with Gasteiger partial charge in [-0.2, -0.15) is 0 Å². The maximum absolute atomic E-state index is 12.8. The molecule has 0 spiro atoms. The Hall–Kier alpha value is -1.84. The molecular formula is C9H8FN3. The lowest BCUT2D eigenvalue weighted by molar-refractivity contribution is 0.628. The first kappa shape index (κ1) is 7.79. The van der Waals surface area contributed by atoms with Crippen LogP contribution in [0.4, 0.5) is 10.3 Å². The fraction of sp³-hybridized carbons (Fsp3) is 0. The molecule has 13 heavy (non-hydrogen) atoms. The number of nitrogens with one attached hydrogen (secondary N) is 1. The molecule has 1 aromatic heterocycles. The number of hydrogen-bond donors (Lipinski definition) is 2. The van der Waals surface area contributed by atoms with Crippen molar-refractivity contribution < 1.29 is 4.39 Å². The number of aromatic nitrogens is 2. The lowest BCUT2D eigenvalue weighted by atomic mass is 10.2. The van der Waals surface area contributed by atoms with Crippen molar-refractivity contribution >= 4 is 5.95 Å². The van der Waals surface area contributed by atoms with Crippen molar-refractivity contribution in [1.29, 1.82) is 0 Å². The molecule has 0 amide bonds. The third-order valence-electron chi connectivity index (χ3n) is 1.73. The molecule has 0 saturated carbocycles. The quantitative estimate of drug-likeness (QED) is 0.697. The van der Waals surface area contributed by atoms with Crippen LogP contribution in [0.25, 0.3) is 11.3 Å². The molecule has 1 aromatic carbocycles. The molecule has 0 fully saturated rings. The zero-order valence-electron chi connectivity index (χ0n) is 6.79. The van der Waals surface area contributed by atoms with Crippen molar-refractivity contribution in [3.8, 4) is 11.3 Å². The van der Waals surface area contributed by atoms with E-state index >= 15 is 0 Å². The van der Waals surface area contributed by atoms with E-state index in [1.165, 1.54) is 12.1 Å². The summed E-state index contributed by atoms with van der Waals surface area (Å²) >= 11 is 0. The molecular weight excluding hydrogens is 169 g/mol. The predicted octanol–water partition coefficient (Wildman–Crippen LogP) is 1.80. The van der Waals surface area contributed by atoms with Crippen LogP contribution < -0.4 is 5.73 Å². The number of hydrogen-bond acceptors (Lipinski definition) is 2. The minimum atomic E-state index is -0.273. The standard InChI is InChI=1S/C9H8FN3/c10-7-3-1-2-6(4-7)8-5-12-9(11)13-8/h1-5H,(H3,11,12,13). The highest BCUT2D eigenvalue weighted by atomic mass is 19.1. The molecule has 0 radical (unpaired) electrons. The Labute approximate surface area is 74.4 Å². The van der Waals surface area contributed by atoms with Crippen molar-refractivity contribution in [2.45, 2.75) is 0 Å². The SMILES string of the molecule is Nc1ncc(-c2cccc(F)c2)[nH]1. The average molecular weight is 177 g/mol. The number of anilines is 1. The lowest BCUT2D eigenvalue weighted by Gasteiger charge is -1.95. The summed E-state index contributed by atoms with van der Waals surface area (Å²) in [7, 11) is 0. The molecule has 0 bridgehead atoms. The van der Waals surface area contributed by atoms with Crippen LogP contribution in [0, 0.1) is 5.82 Å². The number of imidazole rings is 1. The Morgan fingerprint density at radius 2 is 2.23 bits per heavy atom. The number of H-pyrrole nitrogens is 1. The molecule has 3 N–H and O–H groups in total. The summed E-state index contributed by atoms with van der Waals surface area (Å²) in [6.45, 7) is 0. The monoisotopic (exact) mass is 177 g/mol. The first-order chi connectivity index (χ1) is 6.25. The molecule has 2 rings (SSSR count). The number of halogens is 1. The number of rotatable bonds is 1. The van der Waals surface area contributed by atoms with Crippen molar-refractivity contribution in [1.82, 2.24) is 9.97 Å². The van der Waals surface area contributed by atoms with Crippen molar-refractivity contribution in [3.05, 3.63) is 36.3 Å². The molecule has 0 unspecified atom stereocenters. The highest BCUT2D eigenvalue weighted by Gasteiger charge is 2.01. The molecule has 4 heteroatoms. The number of nitrogen functional groups attached to an aromatic ring is 1. The summed E-state index contributed by atoms with van der Waals surface area (Å²) in [5.41, 5.74) is 6.85. The Morgan fingerprint density at radius 1 is 1.38 bits per heavy atom. The van der Waals surface area contributed by atoms with Gasteiger partial charge in [0, 0.05) is 5.56 Å². The molecule has 0 aliphatic carbocycles. The van der Waals surface area contributed by atoms with Crippen LogP contribution in [0.15, 0.2) is 30.5 Å². The van der Waals surface area contributed by atoms with Gasteiger partial charge >= 0.3 is 0 Å². The van der Waals surface area contributed by atoms with Gasteiger partial charge in [0.2, 0.25) is 0 Å². The van der Waals surface area contributed by atoms with Gasteiger partial charge in [-0.15, -0.1) is 0 Å². The maximum atomic E-state index is 12.8. The van der Waals surface area contributed by atoms with Gasteiger partial charge in [-0.1, -0.05) is 12.1 Å². The van der Waals surface area contributed by atoms with E-state index in [-0.39, 0.29) is 5.82 Å². The molecule has 0 atom stereocenters. The molecule has 2 aromatic rings. The summed E-state index contributed by atoms with van der Waals surface area (Å²) in [6, 6.07) is 6.24. The zero-order chi connectivity index (χ0) is 9.26. The van der Waals surface area contributed by atoms with Gasteiger partial charge in [0.15, 0.2) is 5.95 Å². The van der Waals surface area contributed by atoms with E-state index in [9.17, 15) is 4.39 Å². The molecule has 0 aliphatic heterocycles. The van der Waals surface area contributed by atoms with Crippen LogP contribution in [0.2, 0.25) is 0 Å². The smallest absolute Gasteiger partial charge is 0.197 e. The number of benzene rings is 1. The Bertz CT molecular complexity index is 422. The van der Waals surface area contributed by atoms with Gasteiger partial charge in [-0.3, -0.25) is 0 Å². The van der Waals surface area contributed by atoms with Gasteiger partial charge in [-0.25, -0.2) is 9.37 Å². The first-order valence-electron chi connectivity index (χ1n) is 3.82. The van der Waals surface area contributed by atoms with E-state index in [4.69, 9.17) is 5.73 Å². The second kappa shape index (κ2) is 2.90. The molecule has 1 heterocycles. The maximum Gasteiger partial charge on any atom is 0.197 e. The normalized spacial score (nSPS) is 10.2. The molecule has 0 aliphatic rings. The van der Waals surface area contributed by atoms with Crippen molar-refractivity contribution in [2.24, 2.45) is 0 Å². The summed E-state index contributed by atoms with van der Waals surface area (Å²) in [5.74, 6) is 0.0601. The summed E-state index contributed by atoms with van der Waals surface area (Å²) < 4.78 is 12.8. The van der Waals surface area contributed by atoms with Crippen molar-refractivity contribution in [2.75, 3.05) is 5.73 Å². The van der Waals surface area contributed by atoms with Crippen LogP contribution in [-0.4, -0.2) is 9.97 Å². The summed E-state index contributed by atoms with van der Waals surface area (Å²) in [4.78, 5) is 6.64. The van der Waals surface area contributed by atoms with Gasteiger partial charge < -0.3 is 10.7 Å². The number of aromatic amines is 1. The largest absolute Gasteiger partial charge is 0.369 e. The van der Waals surface area contributed by atoms with E-state index in [0.717, 1.165) is 11.3 Å². The van der Waals surface area contributed by atoms with E-state index in [2.05, 4.69) is 9.97 Å². The Balaban J connectivity index is 2.46. The molecule has 3 nitrogen and oxygen atoms in total. The van der Waals surface area contributed by atoms with Crippen LogP contribution in [0.5, 0.6) is 0 Å². The Morgan fingerprint density at radius 3 is 2.85 bits per heavy atom. The second-order valence-electron chi connectivity index (χ2n) is 2.69. The average Bonchev–Trinajstić information content (AvgIpc) is 2.52. The van der Waals surface area contributed by atoms with Crippen LogP contribution >= 0.6 is 0 Å². The molecule has 66 valence electrons. The van der Waals surface area contributed by atoms with Crippen LogP contribution in [0.3, 0.4) is 0 Å². The van der Waals surface area contributed by atoms with Gasteiger partial charge in [0.05, 0.1) is 11.9 Å². The first-order valence-corrected chi connectivity index (χ1v) is 3.82. The Kier molecular flexibility index (Phi) is 1.73. The predicted molar refractivity (Wildman–Crippen MR) is 48.4 cm³/mol. The number of nitrogens with zero attached hydrogens (tertiary/aromatic N) is 1. The van der Waals surface area contributed by atoms with E-state index in [0.29, 0.717) is 5.95 Å². The molecule has 0 saturated heterocycles. The number of nitrogens with two attached hydrogens (primary N) is 1. The van der Waals surface area contributed by atoms with Gasteiger partial charge in [-0.05, 0) is 12.1 Å². The minimum Gasteiger partial charge on any atom is -0.369 e. The highest BCUT2D eigenvalue weighted by molar-refractivity contribution is 5.59. The summed E-state index contributed by atoms with van der Waals surface area (Å²) in [6.07, 6.45) is 1.57. The van der Waals surface area contributed by atoms with Crippen LogP contribution in [0.1, 0.15) is 0 Å². The second-order valence-corrected chi connectivity index (χ2v) is 2.69. The fourth-order valence-electron chi connectivity index (χ4n) is 1.14.